The Morgan fingerprint density at radius 3 is 2.71 bits per heavy atom. The molecule has 0 spiro atoms. The summed E-state index contributed by atoms with van der Waals surface area (Å²) in [5, 5.41) is 19.3. The summed E-state index contributed by atoms with van der Waals surface area (Å²) >= 11 is 6.61. The minimum Gasteiger partial charge on any atom is -0.465 e. The Kier molecular flexibility index (Phi) is 6.40. The van der Waals surface area contributed by atoms with Gasteiger partial charge in [0.2, 0.25) is 0 Å². The van der Waals surface area contributed by atoms with Crippen molar-refractivity contribution in [2.45, 2.75) is 45.6 Å². The number of methoxy groups -OCH3 is 1. The van der Waals surface area contributed by atoms with Gasteiger partial charge in [-0.3, -0.25) is 9.30 Å². The molecule has 1 N–H and O–H groups in total. The molecule has 8 nitrogen and oxygen atoms in total. The van der Waals surface area contributed by atoms with Gasteiger partial charge >= 0.3 is 0 Å². The van der Waals surface area contributed by atoms with Crippen molar-refractivity contribution in [2.24, 2.45) is 0 Å². The van der Waals surface area contributed by atoms with Crippen LogP contribution >= 0.6 is 11.6 Å². The molecule has 178 valence electrons. The number of piperidine rings is 1. The quantitative estimate of drug-likeness (QED) is 0.412. The molecule has 0 radical (unpaired) electrons. The second-order valence-electron chi connectivity index (χ2n) is 8.77. The van der Waals surface area contributed by atoms with Crippen LogP contribution in [-0.4, -0.2) is 62.2 Å². The number of aliphatic hydroxyl groups is 1. The van der Waals surface area contributed by atoms with Gasteiger partial charge in [-0.15, -0.1) is 10.2 Å². The maximum absolute atomic E-state index is 9.82. The van der Waals surface area contributed by atoms with Gasteiger partial charge in [-0.1, -0.05) is 17.7 Å². The van der Waals surface area contributed by atoms with Crippen LogP contribution in [0.25, 0.3) is 28.1 Å². The van der Waals surface area contributed by atoms with Crippen LogP contribution in [-0.2, 0) is 11.3 Å². The minimum atomic E-state index is -0.394. The molecule has 0 bridgehead atoms. The largest absolute Gasteiger partial charge is 0.465 e. The van der Waals surface area contributed by atoms with Crippen LogP contribution in [0.15, 0.2) is 36.4 Å². The second kappa shape index (κ2) is 9.46. The van der Waals surface area contributed by atoms with E-state index in [-0.39, 0.29) is 6.10 Å². The van der Waals surface area contributed by atoms with E-state index in [1.165, 1.54) is 5.56 Å². The molecule has 9 heteroatoms. The molecule has 3 heterocycles. The highest BCUT2D eigenvalue weighted by molar-refractivity contribution is 6.33. The average Bonchev–Trinajstić information content (AvgIpc) is 3.28. The van der Waals surface area contributed by atoms with Crippen LogP contribution in [0.1, 0.15) is 31.0 Å². The maximum Gasteiger partial charge on any atom is 0.196 e. The predicted molar refractivity (Wildman–Crippen MR) is 131 cm³/mol. The Balaban J connectivity index is 1.60. The Bertz CT molecular complexity index is 1330. The molecular formula is C25H28ClN5O3. The molecule has 2 aromatic carbocycles. The lowest BCUT2D eigenvalue weighted by molar-refractivity contribution is -0.0382. The third-order valence-electron chi connectivity index (χ3n) is 6.33. The van der Waals surface area contributed by atoms with E-state index in [2.05, 4.69) is 27.2 Å². The summed E-state index contributed by atoms with van der Waals surface area (Å²) in [6.45, 7) is 6.35. The number of aryl methyl sites for hydroxylation is 1. The Morgan fingerprint density at radius 1 is 1.15 bits per heavy atom. The molecule has 0 aliphatic carbocycles. The molecule has 1 aliphatic rings. The normalized spacial score (nSPS) is 16.4. The van der Waals surface area contributed by atoms with Crippen LogP contribution in [0.5, 0.6) is 5.75 Å². The lowest BCUT2D eigenvalue weighted by Crippen LogP contribution is -2.35. The van der Waals surface area contributed by atoms with Crippen molar-refractivity contribution in [3.63, 3.8) is 0 Å². The molecule has 1 saturated heterocycles. The lowest BCUT2D eigenvalue weighted by atomic mass is 10.1. The molecule has 5 rings (SSSR count). The van der Waals surface area contributed by atoms with Crippen LogP contribution in [0.2, 0.25) is 5.02 Å². The molecule has 4 aromatic rings. The molecule has 2 aromatic heterocycles. The van der Waals surface area contributed by atoms with Crippen molar-refractivity contribution in [3.8, 4) is 17.1 Å². The number of hydrogen-bond donors (Lipinski definition) is 1. The number of aromatic nitrogens is 4. The zero-order valence-corrected chi connectivity index (χ0v) is 20.3. The van der Waals surface area contributed by atoms with Crippen LogP contribution in [0.4, 0.5) is 0 Å². The fraction of sp³-hybridized carbons (Fsp3) is 0.400. The van der Waals surface area contributed by atoms with E-state index < -0.39 is 6.29 Å². The molecule has 0 saturated carbocycles. The van der Waals surface area contributed by atoms with Gasteiger partial charge in [-0.2, -0.15) is 0 Å². The smallest absolute Gasteiger partial charge is 0.196 e. The number of benzene rings is 2. The Hall–Kier alpha value is -2.78. The van der Waals surface area contributed by atoms with E-state index in [9.17, 15) is 5.11 Å². The lowest BCUT2D eigenvalue weighted by Gasteiger charge is -2.29. The minimum absolute atomic E-state index is 0.185. The third-order valence-corrected chi connectivity index (χ3v) is 6.66. The van der Waals surface area contributed by atoms with Crippen molar-refractivity contribution in [1.82, 2.24) is 24.5 Å². The van der Waals surface area contributed by atoms with Gasteiger partial charge in [0.1, 0.15) is 5.75 Å². The molecule has 1 aliphatic heterocycles. The van der Waals surface area contributed by atoms with E-state index >= 15 is 0 Å². The summed E-state index contributed by atoms with van der Waals surface area (Å²) < 4.78 is 13.1. The first-order valence-corrected chi connectivity index (χ1v) is 11.8. The summed E-state index contributed by atoms with van der Waals surface area (Å²) in [5.41, 5.74) is 5.15. The number of aliphatic hydroxyl groups excluding tert-OH is 1. The first-order valence-electron chi connectivity index (χ1n) is 11.5. The van der Waals surface area contributed by atoms with Gasteiger partial charge in [-0.05, 0) is 62.6 Å². The number of fused-ring (bicyclic) bond motifs is 3. The number of halogens is 1. The predicted octanol–water partition coefficient (Wildman–Crippen LogP) is 4.23. The first kappa shape index (κ1) is 23.0. The number of hydrogen-bond acceptors (Lipinski definition) is 7. The van der Waals surface area contributed by atoms with Gasteiger partial charge in [0.15, 0.2) is 17.8 Å². The van der Waals surface area contributed by atoms with Gasteiger partial charge in [-0.25, -0.2) is 4.98 Å². The summed E-state index contributed by atoms with van der Waals surface area (Å²) in [4.78, 5) is 7.12. The van der Waals surface area contributed by atoms with Crippen molar-refractivity contribution in [2.75, 3.05) is 20.2 Å². The average molecular weight is 482 g/mol. The number of ether oxygens (including phenoxy) is 2. The SMILES string of the molecule is COC(C)Oc1ccc(Cl)c(-c2nnc3c(C)nc4ccc(CN5CCC(O)CC5)cc4n23)c1. The highest BCUT2D eigenvalue weighted by atomic mass is 35.5. The van der Waals surface area contributed by atoms with Crippen molar-refractivity contribution >= 4 is 28.3 Å². The fourth-order valence-electron chi connectivity index (χ4n) is 4.42. The molecule has 1 unspecified atom stereocenters. The number of likely N-dealkylation sites (tertiary alicyclic amines) is 1. The third kappa shape index (κ3) is 4.46. The molecule has 34 heavy (non-hydrogen) atoms. The Morgan fingerprint density at radius 2 is 1.94 bits per heavy atom. The highest BCUT2D eigenvalue weighted by Crippen LogP contribution is 2.33. The summed E-state index contributed by atoms with van der Waals surface area (Å²) in [7, 11) is 1.60. The number of rotatable bonds is 6. The van der Waals surface area contributed by atoms with E-state index in [0.717, 1.165) is 54.8 Å². The van der Waals surface area contributed by atoms with Gasteiger partial charge in [0, 0.05) is 32.3 Å². The van der Waals surface area contributed by atoms with Crippen molar-refractivity contribution < 1.29 is 14.6 Å². The molecular weight excluding hydrogens is 454 g/mol. The van der Waals surface area contributed by atoms with E-state index in [1.54, 1.807) is 13.2 Å². The highest BCUT2D eigenvalue weighted by Gasteiger charge is 2.20. The maximum atomic E-state index is 9.82. The van der Waals surface area contributed by atoms with Gasteiger partial charge in [0.25, 0.3) is 0 Å². The van der Waals surface area contributed by atoms with Crippen molar-refractivity contribution in [1.29, 1.82) is 0 Å². The van der Waals surface area contributed by atoms with Gasteiger partial charge in [0.05, 0.1) is 27.9 Å². The van der Waals surface area contributed by atoms with E-state index in [0.29, 0.717) is 22.2 Å². The van der Waals surface area contributed by atoms with Crippen molar-refractivity contribution in [3.05, 3.63) is 52.7 Å². The molecule has 1 fully saturated rings. The second-order valence-corrected chi connectivity index (χ2v) is 9.18. The standard InChI is InChI=1S/C25H28ClN5O3/c1-15-24-28-29-25(20-13-19(5-6-21(20)26)34-16(2)33-3)31(24)23-12-17(4-7-22(23)27-15)14-30-10-8-18(32)9-11-30/h4-7,12-13,16,18,32H,8-11,14H2,1-3H3. The van der Waals surface area contributed by atoms with Gasteiger partial charge < -0.3 is 14.6 Å². The molecule has 0 amide bonds. The van der Waals surface area contributed by atoms with E-state index in [1.807, 2.05) is 36.4 Å². The van der Waals surface area contributed by atoms with Crippen LogP contribution < -0.4 is 4.74 Å². The van der Waals surface area contributed by atoms with Crippen LogP contribution in [0.3, 0.4) is 0 Å². The fourth-order valence-corrected chi connectivity index (χ4v) is 4.62. The van der Waals surface area contributed by atoms with Crippen LogP contribution in [0, 0.1) is 6.92 Å². The zero-order valence-electron chi connectivity index (χ0n) is 19.5. The monoisotopic (exact) mass is 481 g/mol. The van der Waals surface area contributed by atoms with E-state index in [4.69, 9.17) is 26.1 Å². The Labute approximate surface area is 203 Å². The summed E-state index contributed by atoms with van der Waals surface area (Å²) in [6, 6.07) is 11.8. The zero-order chi connectivity index (χ0) is 23.8. The topological polar surface area (TPSA) is 85.0 Å². The summed E-state index contributed by atoms with van der Waals surface area (Å²) in [6.07, 6.45) is 1.05. The number of nitrogens with zero attached hydrogens (tertiary/aromatic N) is 5. The molecule has 1 atom stereocenters. The first-order chi connectivity index (χ1) is 16.4. The summed E-state index contributed by atoms with van der Waals surface area (Å²) in [5.74, 6) is 1.26.